The Labute approximate surface area is 383 Å². The smallest absolute Gasteiger partial charge is 0.417 e. The Kier molecular flexibility index (Phi) is 14.2. The summed E-state index contributed by atoms with van der Waals surface area (Å²) < 4.78 is 74.1. The zero-order chi connectivity index (χ0) is 47.1. The second kappa shape index (κ2) is 19.0. The lowest BCUT2D eigenvalue weighted by Crippen LogP contribution is -2.68. The Morgan fingerprint density at radius 1 is 1.00 bits per heavy atom. The van der Waals surface area contributed by atoms with Crippen molar-refractivity contribution >= 4 is 25.6 Å². The Morgan fingerprint density at radius 2 is 1.66 bits per heavy atom. The standard InChI is InChI=1S/C51H66F3N3O7Si/c1-10-14-26-61-38-30-34(37-22-19-25-57(37)31-32-20-17-16-18-21-32)42(51(52,53)54)35-28-33-29-36-43(56(23-12-3)24-13-4)45-41(48(55-63-45)62-27-15-11-2)47(60)50(36,64-65(8,9)49(5,6)7)46(59)39(33)44(58)40(35)38/h12-13,16-18,20-21,30,33,36-37,43,58H,3-4,10-11,14-15,19,22-29,31H2,1-2,5-9H3/t33-,36-,37?,43-,50-/m0/s1. The van der Waals surface area contributed by atoms with Gasteiger partial charge in [0.25, 0.3) is 5.88 Å². The van der Waals surface area contributed by atoms with E-state index in [4.69, 9.17) is 18.4 Å². The Morgan fingerprint density at radius 3 is 2.28 bits per heavy atom. The van der Waals surface area contributed by atoms with Crippen molar-refractivity contribution in [3.05, 3.63) is 106 Å². The van der Waals surface area contributed by atoms with Crippen LogP contribution in [0.2, 0.25) is 18.1 Å². The summed E-state index contributed by atoms with van der Waals surface area (Å²) in [6, 6.07) is 9.73. The molecule has 0 bridgehead atoms. The summed E-state index contributed by atoms with van der Waals surface area (Å²) >= 11 is 0. The van der Waals surface area contributed by atoms with E-state index in [1.165, 1.54) is 6.07 Å². The van der Waals surface area contributed by atoms with E-state index in [0.717, 1.165) is 18.4 Å². The lowest BCUT2D eigenvalue weighted by molar-refractivity contribution is -0.141. The predicted molar refractivity (Wildman–Crippen MR) is 247 cm³/mol. The molecule has 10 nitrogen and oxygen atoms in total. The summed E-state index contributed by atoms with van der Waals surface area (Å²) in [5.41, 5.74) is -2.34. The second-order valence-corrected chi connectivity index (χ2v) is 24.4. The van der Waals surface area contributed by atoms with E-state index in [0.29, 0.717) is 38.8 Å². The molecule has 1 unspecified atom stereocenters. The van der Waals surface area contributed by atoms with Crippen molar-refractivity contribution in [2.45, 2.75) is 135 Å². The van der Waals surface area contributed by atoms with Gasteiger partial charge in [0.15, 0.2) is 19.7 Å². The minimum Gasteiger partial charge on any atom is -0.507 e. The van der Waals surface area contributed by atoms with Crippen LogP contribution in [0.1, 0.15) is 136 Å². The summed E-state index contributed by atoms with van der Waals surface area (Å²) in [5, 5.41) is 16.5. The summed E-state index contributed by atoms with van der Waals surface area (Å²) in [6.07, 6.45) is 2.41. The van der Waals surface area contributed by atoms with Crippen molar-refractivity contribution in [2.24, 2.45) is 11.8 Å². The maximum Gasteiger partial charge on any atom is 0.417 e. The number of carbonyl (C=O) groups is 2. The van der Waals surface area contributed by atoms with E-state index in [2.05, 4.69) is 23.2 Å². The molecule has 4 aliphatic rings. The molecule has 352 valence electrons. The number of aliphatic hydroxyl groups is 1. The van der Waals surface area contributed by atoms with Gasteiger partial charge < -0.3 is 23.5 Å². The summed E-state index contributed by atoms with van der Waals surface area (Å²) in [6.45, 7) is 24.0. The van der Waals surface area contributed by atoms with Crippen LogP contribution in [0.5, 0.6) is 11.6 Å². The number of fused-ring (bicyclic) bond motifs is 4. The molecule has 1 N–H and O–H groups in total. The summed E-state index contributed by atoms with van der Waals surface area (Å²) in [5.74, 6) is -3.77. The van der Waals surface area contributed by atoms with E-state index in [1.807, 2.05) is 82.9 Å². The fraction of sp³-hybridized carbons (Fsp3) is 0.549. The van der Waals surface area contributed by atoms with Crippen molar-refractivity contribution in [1.82, 2.24) is 15.0 Å². The molecule has 65 heavy (non-hydrogen) atoms. The van der Waals surface area contributed by atoms with Gasteiger partial charge in [-0.2, -0.15) is 13.2 Å². The summed E-state index contributed by atoms with van der Waals surface area (Å²) in [7, 11) is -3.09. The van der Waals surface area contributed by atoms with Crippen molar-refractivity contribution in [2.75, 3.05) is 32.8 Å². The minimum atomic E-state index is -4.83. The first-order valence-electron chi connectivity index (χ1n) is 23.3. The van der Waals surface area contributed by atoms with Crippen LogP contribution in [-0.4, -0.2) is 78.4 Å². The number of ketones is 2. The van der Waals surface area contributed by atoms with Crippen LogP contribution in [-0.2, 0) is 28.4 Å². The SMILES string of the molecule is C=CCN(CC=C)[C@@H]1c2onc(OCCCC)c2C(=O)[C@@]2(O[Si](C)(C)C(C)(C)C)C(=O)C3=C(O)c4c(OCCCC)cc(C5CCCN5Cc5ccccc5)c(C(F)(F)F)c4C[C@H]3C[C@@H]12. The first kappa shape index (κ1) is 48.4. The van der Waals surface area contributed by atoms with E-state index in [1.54, 1.807) is 12.2 Å². The molecule has 14 heteroatoms. The molecule has 0 spiro atoms. The molecule has 7 rings (SSSR count). The van der Waals surface area contributed by atoms with Crippen LogP contribution in [0, 0.1) is 11.8 Å². The Bertz CT molecular complexity index is 2290. The number of halogens is 3. The Balaban J connectivity index is 1.49. The maximum atomic E-state index is 16.1. The van der Waals surface area contributed by atoms with E-state index in [9.17, 15) is 5.11 Å². The number of alkyl halides is 3. The topological polar surface area (TPSA) is 115 Å². The number of aromatic nitrogens is 1. The lowest BCUT2D eigenvalue weighted by atomic mass is 9.56. The minimum absolute atomic E-state index is 0.00364. The third-order valence-electron chi connectivity index (χ3n) is 14.4. The predicted octanol–water partition coefficient (Wildman–Crippen LogP) is 11.8. The van der Waals surface area contributed by atoms with Crippen molar-refractivity contribution in [3.63, 3.8) is 0 Å². The lowest BCUT2D eigenvalue weighted by Gasteiger charge is -2.55. The molecule has 1 aromatic heterocycles. The average Bonchev–Trinajstić information content (AvgIpc) is 3.88. The van der Waals surface area contributed by atoms with Gasteiger partial charge in [-0.3, -0.25) is 19.4 Å². The quantitative estimate of drug-likeness (QED) is 0.0572. The van der Waals surface area contributed by atoms with Crippen LogP contribution in [0.4, 0.5) is 13.2 Å². The van der Waals surface area contributed by atoms with Gasteiger partial charge >= 0.3 is 6.18 Å². The zero-order valence-electron chi connectivity index (χ0n) is 39.1. The molecule has 3 aliphatic carbocycles. The number of Topliss-reactive ketones (excluding diaryl/α,β-unsaturated/α-hetero) is 2. The van der Waals surface area contributed by atoms with Crippen LogP contribution in [0.25, 0.3) is 5.76 Å². The highest BCUT2D eigenvalue weighted by Crippen LogP contribution is 2.60. The Hall–Kier alpha value is -4.50. The normalized spacial score (nSPS) is 23.6. The van der Waals surface area contributed by atoms with Gasteiger partial charge in [0.1, 0.15) is 17.1 Å². The number of unbranched alkanes of at least 4 members (excludes halogenated alkanes) is 2. The van der Waals surface area contributed by atoms with Gasteiger partial charge in [-0.1, -0.05) is 89.9 Å². The highest BCUT2D eigenvalue weighted by atomic mass is 28.4. The highest BCUT2D eigenvalue weighted by Gasteiger charge is 2.69. The van der Waals surface area contributed by atoms with Crippen molar-refractivity contribution < 1.29 is 46.3 Å². The first-order valence-corrected chi connectivity index (χ1v) is 26.3. The number of carbonyl (C=O) groups excluding carboxylic acids is 2. The molecule has 1 saturated carbocycles. The number of hydrogen-bond donors (Lipinski definition) is 1. The molecule has 2 fully saturated rings. The molecular weight excluding hydrogens is 852 g/mol. The fourth-order valence-corrected chi connectivity index (χ4v) is 11.8. The van der Waals surface area contributed by atoms with Crippen molar-refractivity contribution in [1.29, 1.82) is 0 Å². The molecule has 0 amide bonds. The van der Waals surface area contributed by atoms with E-state index < -0.39 is 71.9 Å². The molecule has 2 aromatic carbocycles. The van der Waals surface area contributed by atoms with E-state index >= 15 is 22.8 Å². The van der Waals surface area contributed by atoms with Gasteiger partial charge in [-0.15, -0.1) is 13.2 Å². The molecule has 3 aromatic rings. The molecule has 2 heterocycles. The van der Waals surface area contributed by atoms with Gasteiger partial charge in [-0.25, -0.2) is 0 Å². The average molecular weight is 918 g/mol. The van der Waals surface area contributed by atoms with Crippen LogP contribution in [0.15, 0.2) is 71.8 Å². The van der Waals surface area contributed by atoms with Gasteiger partial charge in [0.05, 0.1) is 30.4 Å². The van der Waals surface area contributed by atoms with Crippen LogP contribution >= 0.6 is 0 Å². The number of benzene rings is 2. The molecule has 1 saturated heterocycles. The fourth-order valence-electron chi connectivity index (χ4n) is 10.3. The molecule has 1 aliphatic heterocycles. The van der Waals surface area contributed by atoms with Gasteiger partial charge in [-0.05, 0) is 97.0 Å². The number of likely N-dealkylation sites (tertiary alicyclic amines) is 1. The maximum absolute atomic E-state index is 16.1. The third-order valence-corrected chi connectivity index (χ3v) is 18.8. The largest absolute Gasteiger partial charge is 0.507 e. The number of nitrogens with zero attached hydrogens (tertiary/aromatic N) is 3. The number of ether oxygens (including phenoxy) is 2. The van der Waals surface area contributed by atoms with Crippen LogP contribution < -0.4 is 9.47 Å². The first-order chi connectivity index (χ1) is 30.9. The second-order valence-electron chi connectivity index (χ2n) is 19.7. The van der Waals surface area contributed by atoms with Gasteiger partial charge in [0, 0.05) is 37.2 Å². The van der Waals surface area contributed by atoms with Gasteiger partial charge in [0.2, 0.25) is 11.6 Å². The number of hydrogen-bond acceptors (Lipinski definition) is 10. The third kappa shape index (κ3) is 8.80. The van der Waals surface area contributed by atoms with E-state index in [-0.39, 0.29) is 84.4 Å². The molecule has 5 atom stereocenters. The number of aliphatic hydroxyl groups excluding tert-OH is 1. The monoisotopic (exact) mass is 917 g/mol. The van der Waals surface area contributed by atoms with Crippen LogP contribution in [0.3, 0.4) is 0 Å². The number of rotatable bonds is 18. The van der Waals surface area contributed by atoms with Crippen molar-refractivity contribution in [3.8, 4) is 11.6 Å². The summed E-state index contributed by atoms with van der Waals surface area (Å²) in [4.78, 5) is 35.9. The highest BCUT2D eigenvalue weighted by molar-refractivity contribution is 6.74. The molecular formula is C51H66F3N3O7Si. The molecule has 0 radical (unpaired) electrons. The zero-order valence-corrected chi connectivity index (χ0v) is 40.1.